The standard InChI is InChI=1S/C18H11NOS2/c20-18-19-17(21)16(22-18)10-12-9-11-5-1-2-6-13(11)15-8-4-3-7-14(12)15/h1-10H,(H,19,20,21)/b16-10-. The number of hydrogen-bond acceptors (Lipinski definition) is 3. The van der Waals surface area contributed by atoms with Crippen LogP contribution in [0.2, 0.25) is 0 Å². The SMILES string of the molecule is O=C1NC(=S)/C(=C/c2cc3ccccc3c3ccccc23)S1. The molecule has 2 nitrogen and oxygen atoms in total. The van der Waals surface area contributed by atoms with Crippen molar-refractivity contribution in [2.45, 2.75) is 0 Å². The lowest BCUT2D eigenvalue weighted by Crippen LogP contribution is -2.15. The molecule has 22 heavy (non-hydrogen) atoms. The van der Waals surface area contributed by atoms with Crippen molar-refractivity contribution in [1.29, 1.82) is 0 Å². The van der Waals surface area contributed by atoms with Crippen molar-refractivity contribution in [1.82, 2.24) is 5.32 Å². The lowest BCUT2D eigenvalue weighted by Gasteiger charge is -2.08. The minimum atomic E-state index is -0.110. The van der Waals surface area contributed by atoms with Gasteiger partial charge in [0.2, 0.25) is 0 Å². The Morgan fingerprint density at radius 3 is 2.36 bits per heavy atom. The minimum absolute atomic E-state index is 0.110. The van der Waals surface area contributed by atoms with E-state index in [4.69, 9.17) is 12.2 Å². The molecule has 4 rings (SSSR count). The lowest BCUT2D eigenvalue weighted by atomic mass is 9.97. The molecule has 1 amide bonds. The molecule has 0 aromatic heterocycles. The second-order valence-corrected chi connectivity index (χ2v) is 6.51. The summed E-state index contributed by atoms with van der Waals surface area (Å²) in [6.45, 7) is 0. The number of fused-ring (bicyclic) bond motifs is 3. The second kappa shape index (κ2) is 5.23. The van der Waals surface area contributed by atoms with E-state index in [1.54, 1.807) is 0 Å². The fraction of sp³-hybridized carbons (Fsp3) is 0. The minimum Gasteiger partial charge on any atom is -0.307 e. The van der Waals surface area contributed by atoms with E-state index in [1.807, 2.05) is 24.3 Å². The normalized spacial score (nSPS) is 16.6. The Kier molecular flexibility index (Phi) is 3.21. The van der Waals surface area contributed by atoms with Crippen molar-refractivity contribution < 1.29 is 4.79 Å². The molecule has 0 unspecified atom stereocenters. The number of nitrogens with one attached hydrogen (secondary N) is 1. The highest BCUT2D eigenvalue weighted by Gasteiger charge is 2.21. The van der Waals surface area contributed by atoms with Crippen LogP contribution >= 0.6 is 24.0 Å². The molecule has 0 atom stereocenters. The van der Waals surface area contributed by atoms with Gasteiger partial charge in [0.1, 0.15) is 4.99 Å². The summed E-state index contributed by atoms with van der Waals surface area (Å²) in [5.74, 6) is 0. The molecule has 1 heterocycles. The van der Waals surface area contributed by atoms with Gasteiger partial charge in [-0.3, -0.25) is 4.79 Å². The summed E-state index contributed by atoms with van der Waals surface area (Å²) in [4.78, 5) is 12.8. The fourth-order valence-corrected chi connectivity index (χ4v) is 3.79. The van der Waals surface area contributed by atoms with Gasteiger partial charge in [-0.25, -0.2) is 0 Å². The van der Waals surface area contributed by atoms with Gasteiger partial charge in [-0.15, -0.1) is 0 Å². The number of benzene rings is 3. The van der Waals surface area contributed by atoms with E-state index >= 15 is 0 Å². The summed E-state index contributed by atoms with van der Waals surface area (Å²) < 4.78 is 0. The number of thiocarbonyl (C=S) groups is 1. The average molecular weight is 321 g/mol. The van der Waals surface area contributed by atoms with Crippen LogP contribution in [0.25, 0.3) is 27.6 Å². The molecule has 0 radical (unpaired) electrons. The van der Waals surface area contributed by atoms with Gasteiger partial charge in [0.25, 0.3) is 5.24 Å². The van der Waals surface area contributed by atoms with Crippen molar-refractivity contribution in [3.8, 4) is 0 Å². The van der Waals surface area contributed by atoms with Crippen LogP contribution in [0.5, 0.6) is 0 Å². The third-order valence-electron chi connectivity index (χ3n) is 3.73. The summed E-state index contributed by atoms with van der Waals surface area (Å²) in [5, 5.41) is 7.34. The van der Waals surface area contributed by atoms with E-state index in [0.717, 1.165) is 27.6 Å². The van der Waals surface area contributed by atoms with Gasteiger partial charge in [0.15, 0.2) is 0 Å². The number of amides is 1. The summed E-state index contributed by atoms with van der Waals surface area (Å²) in [6, 6.07) is 18.8. The Morgan fingerprint density at radius 2 is 1.64 bits per heavy atom. The Bertz CT molecular complexity index is 975. The van der Waals surface area contributed by atoms with Gasteiger partial charge < -0.3 is 5.32 Å². The van der Waals surface area contributed by atoms with Crippen molar-refractivity contribution in [3.63, 3.8) is 0 Å². The lowest BCUT2D eigenvalue weighted by molar-refractivity contribution is 0.265. The van der Waals surface area contributed by atoms with Crippen LogP contribution in [-0.2, 0) is 0 Å². The average Bonchev–Trinajstić information content (AvgIpc) is 2.85. The first-order valence-electron chi connectivity index (χ1n) is 6.88. The topological polar surface area (TPSA) is 29.1 Å². The molecule has 1 aliphatic rings. The van der Waals surface area contributed by atoms with Crippen LogP contribution in [0.3, 0.4) is 0 Å². The third kappa shape index (κ3) is 2.21. The molecule has 0 aliphatic carbocycles. The zero-order valence-corrected chi connectivity index (χ0v) is 13.1. The highest BCUT2D eigenvalue weighted by Crippen LogP contribution is 2.33. The van der Waals surface area contributed by atoms with Gasteiger partial charge in [0, 0.05) is 0 Å². The molecule has 106 valence electrons. The highest BCUT2D eigenvalue weighted by atomic mass is 32.2. The largest absolute Gasteiger partial charge is 0.307 e. The molecule has 0 spiro atoms. The van der Waals surface area contributed by atoms with Crippen LogP contribution in [0, 0.1) is 0 Å². The van der Waals surface area contributed by atoms with Crippen LogP contribution in [0.1, 0.15) is 5.56 Å². The van der Waals surface area contributed by atoms with Crippen molar-refractivity contribution >= 4 is 61.8 Å². The molecule has 1 aliphatic heterocycles. The molecule has 1 saturated heterocycles. The molecular formula is C18H11NOS2. The quantitative estimate of drug-likeness (QED) is 0.383. The number of rotatable bonds is 1. The molecule has 3 aromatic rings. The summed E-state index contributed by atoms with van der Waals surface area (Å²) in [7, 11) is 0. The van der Waals surface area contributed by atoms with Crippen LogP contribution < -0.4 is 5.32 Å². The molecule has 0 saturated carbocycles. The van der Waals surface area contributed by atoms with E-state index in [9.17, 15) is 4.79 Å². The van der Waals surface area contributed by atoms with E-state index in [0.29, 0.717) is 4.99 Å². The van der Waals surface area contributed by atoms with Crippen LogP contribution in [0.15, 0.2) is 59.5 Å². The van der Waals surface area contributed by atoms with E-state index in [1.165, 1.54) is 16.2 Å². The first-order valence-corrected chi connectivity index (χ1v) is 8.10. The molecule has 4 heteroatoms. The molecule has 3 aromatic carbocycles. The summed E-state index contributed by atoms with van der Waals surface area (Å²) in [6.07, 6.45) is 2.00. The van der Waals surface area contributed by atoms with E-state index in [-0.39, 0.29) is 5.24 Å². The molecule has 0 bridgehead atoms. The van der Waals surface area contributed by atoms with Crippen LogP contribution in [-0.4, -0.2) is 10.2 Å². The van der Waals surface area contributed by atoms with Crippen molar-refractivity contribution in [2.24, 2.45) is 0 Å². The first kappa shape index (κ1) is 13.5. The molecule has 1 fully saturated rings. The maximum Gasteiger partial charge on any atom is 0.289 e. The third-order valence-corrected chi connectivity index (χ3v) is 5.01. The second-order valence-electron chi connectivity index (χ2n) is 5.08. The van der Waals surface area contributed by atoms with Gasteiger partial charge in [-0.2, -0.15) is 0 Å². The Labute approximate surface area is 137 Å². The monoisotopic (exact) mass is 321 g/mol. The summed E-state index contributed by atoms with van der Waals surface area (Å²) >= 11 is 6.37. The zero-order valence-electron chi connectivity index (χ0n) is 11.5. The Balaban J connectivity index is 2.02. The number of thioether (sulfide) groups is 1. The van der Waals surface area contributed by atoms with Crippen molar-refractivity contribution in [3.05, 3.63) is 65.1 Å². The fourth-order valence-electron chi connectivity index (χ4n) is 2.76. The van der Waals surface area contributed by atoms with Crippen LogP contribution in [0.4, 0.5) is 4.79 Å². The smallest absolute Gasteiger partial charge is 0.289 e. The van der Waals surface area contributed by atoms with Gasteiger partial charge in [-0.05, 0) is 51.0 Å². The number of hydrogen-bond donors (Lipinski definition) is 1. The predicted molar refractivity (Wildman–Crippen MR) is 98.2 cm³/mol. The first-order chi connectivity index (χ1) is 10.7. The van der Waals surface area contributed by atoms with Gasteiger partial charge >= 0.3 is 0 Å². The Morgan fingerprint density at radius 1 is 0.955 bits per heavy atom. The Hall–Kier alpha value is -2.17. The molecular weight excluding hydrogens is 310 g/mol. The maximum atomic E-state index is 11.5. The van der Waals surface area contributed by atoms with Crippen molar-refractivity contribution in [2.75, 3.05) is 0 Å². The predicted octanol–water partition coefficient (Wildman–Crippen LogP) is 5.12. The zero-order chi connectivity index (χ0) is 15.1. The molecule has 1 N–H and O–H groups in total. The van der Waals surface area contributed by atoms with Gasteiger partial charge in [-0.1, -0.05) is 60.7 Å². The van der Waals surface area contributed by atoms with E-state index < -0.39 is 0 Å². The maximum absolute atomic E-state index is 11.5. The number of carbonyl (C=O) groups excluding carboxylic acids is 1. The highest BCUT2D eigenvalue weighted by molar-refractivity contribution is 8.19. The summed E-state index contributed by atoms with van der Waals surface area (Å²) in [5.41, 5.74) is 1.08. The number of carbonyl (C=O) groups is 1. The van der Waals surface area contributed by atoms with Gasteiger partial charge in [0.05, 0.1) is 4.91 Å². The van der Waals surface area contributed by atoms with E-state index in [2.05, 4.69) is 41.7 Å².